The van der Waals surface area contributed by atoms with Crippen LogP contribution < -0.4 is 5.32 Å². The summed E-state index contributed by atoms with van der Waals surface area (Å²) in [6.07, 6.45) is 8.57. The van der Waals surface area contributed by atoms with Gasteiger partial charge in [0.15, 0.2) is 0 Å². The number of hydrogen-bond acceptors (Lipinski definition) is 3. The minimum Gasteiger partial charge on any atom is -0.341 e. The van der Waals surface area contributed by atoms with Crippen molar-refractivity contribution >= 4 is 5.91 Å². The average Bonchev–Trinajstić information content (AvgIpc) is 3.06. The van der Waals surface area contributed by atoms with Crippen LogP contribution in [0.25, 0.3) is 0 Å². The number of piperidine rings is 2. The van der Waals surface area contributed by atoms with E-state index in [1.54, 1.807) is 0 Å². The van der Waals surface area contributed by atoms with Gasteiger partial charge >= 0.3 is 0 Å². The predicted octanol–water partition coefficient (Wildman–Crippen LogP) is 2.10. The molecule has 3 atom stereocenters. The molecule has 1 N–H and O–H groups in total. The Morgan fingerprint density at radius 2 is 1.95 bits per heavy atom. The lowest BCUT2D eigenvalue weighted by atomic mass is 9.85. The van der Waals surface area contributed by atoms with E-state index in [1.165, 1.54) is 51.6 Å². The zero-order valence-corrected chi connectivity index (χ0v) is 14.2. The zero-order chi connectivity index (χ0) is 15.4. The van der Waals surface area contributed by atoms with Crippen LogP contribution in [0, 0.1) is 11.8 Å². The van der Waals surface area contributed by atoms with Crippen LogP contribution in [-0.4, -0.2) is 61.0 Å². The van der Waals surface area contributed by atoms with Crippen molar-refractivity contribution in [3.8, 4) is 0 Å². The van der Waals surface area contributed by atoms with Crippen molar-refractivity contribution < 1.29 is 4.79 Å². The highest BCUT2D eigenvalue weighted by Crippen LogP contribution is 2.25. The van der Waals surface area contributed by atoms with Crippen molar-refractivity contribution in [2.24, 2.45) is 11.8 Å². The third kappa shape index (κ3) is 4.02. The first kappa shape index (κ1) is 16.3. The highest BCUT2D eigenvalue weighted by atomic mass is 16.2. The smallest absolute Gasteiger partial charge is 0.222 e. The topological polar surface area (TPSA) is 35.6 Å². The lowest BCUT2D eigenvalue weighted by Gasteiger charge is -2.32. The summed E-state index contributed by atoms with van der Waals surface area (Å²) in [6, 6.07) is 0.635. The van der Waals surface area contributed by atoms with E-state index >= 15 is 0 Å². The van der Waals surface area contributed by atoms with Gasteiger partial charge in [-0.2, -0.15) is 0 Å². The second kappa shape index (κ2) is 7.78. The Kier molecular flexibility index (Phi) is 5.75. The number of likely N-dealkylation sites (tertiary alicyclic amines) is 2. The Hall–Kier alpha value is -0.610. The minimum atomic E-state index is 0.401. The molecule has 0 aromatic carbocycles. The highest BCUT2D eigenvalue weighted by Gasteiger charge is 2.32. The minimum absolute atomic E-state index is 0.401. The summed E-state index contributed by atoms with van der Waals surface area (Å²) < 4.78 is 0. The first-order valence-corrected chi connectivity index (χ1v) is 9.46. The molecule has 3 rings (SSSR count). The Bertz CT molecular complexity index is 361. The van der Waals surface area contributed by atoms with Crippen LogP contribution in [0.4, 0.5) is 0 Å². The molecule has 0 spiro atoms. The van der Waals surface area contributed by atoms with Gasteiger partial charge in [0.05, 0.1) is 0 Å². The van der Waals surface area contributed by atoms with Gasteiger partial charge in [0.1, 0.15) is 0 Å². The van der Waals surface area contributed by atoms with Gasteiger partial charge in [-0.05, 0) is 70.1 Å². The standard InChI is InChI=1S/C18H33N3O/c1-15(16-6-5-8-19-13-16)12-18(22)21-11-7-17(14-21)20-9-3-2-4-10-20/h15-17,19H,2-14H2,1H3. The second-order valence-electron chi connectivity index (χ2n) is 7.67. The summed E-state index contributed by atoms with van der Waals surface area (Å²) in [5.74, 6) is 1.62. The monoisotopic (exact) mass is 307 g/mol. The first-order valence-electron chi connectivity index (χ1n) is 9.46. The van der Waals surface area contributed by atoms with Gasteiger partial charge in [0.2, 0.25) is 5.91 Å². The van der Waals surface area contributed by atoms with E-state index < -0.39 is 0 Å². The van der Waals surface area contributed by atoms with Gasteiger partial charge in [-0.3, -0.25) is 9.69 Å². The number of amides is 1. The molecule has 3 aliphatic rings. The van der Waals surface area contributed by atoms with Gasteiger partial charge in [-0.25, -0.2) is 0 Å². The molecule has 4 heteroatoms. The van der Waals surface area contributed by atoms with Gasteiger partial charge in [0.25, 0.3) is 0 Å². The van der Waals surface area contributed by atoms with E-state index in [0.29, 0.717) is 23.8 Å². The Balaban J connectivity index is 1.44. The van der Waals surface area contributed by atoms with Crippen LogP contribution in [-0.2, 0) is 4.79 Å². The van der Waals surface area contributed by atoms with E-state index in [2.05, 4.69) is 22.0 Å². The van der Waals surface area contributed by atoms with Crippen molar-refractivity contribution in [3.05, 3.63) is 0 Å². The molecular weight excluding hydrogens is 274 g/mol. The van der Waals surface area contributed by atoms with E-state index in [1.807, 2.05) is 0 Å². The highest BCUT2D eigenvalue weighted by molar-refractivity contribution is 5.76. The molecule has 4 nitrogen and oxygen atoms in total. The fraction of sp³-hybridized carbons (Fsp3) is 0.944. The maximum absolute atomic E-state index is 12.6. The summed E-state index contributed by atoms with van der Waals surface area (Å²) in [5.41, 5.74) is 0. The SMILES string of the molecule is CC(CC(=O)N1CCC(N2CCCCC2)C1)C1CCCNC1. The number of nitrogens with one attached hydrogen (secondary N) is 1. The van der Waals surface area contributed by atoms with Gasteiger partial charge < -0.3 is 10.2 Å². The summed E-state index contributed by atoms with van der Waals surface area (Å²) in [7, 11) is 0. The zero-order valence-electron chi connectivity index (χ0n) is 14.2. The van der Waals surface area contributed by atoms with Gasteiger partial charge in [0, 0.05) is 25.6 Å². The summed E-state index contributed by atoms with van der Waals surface area (Å²) in [6.45, 7) is 8.98. The molecule has 1 amide bonds. The van der Waals surface area contributed by atoms with Crippen molar-refractivity contribution in [2.75, 3.05) is 39.3 Å². The molecule has 0 radical (unpaired) electrons. The molecule has 3 aliphatic heterocycles. The van der Waals surface area contributed by atoms with Crippen LogP contribution in [0.15, 0.2) is 0 Å². The Morgan fingerprint density at radius 3 is 2.68 bits per heavy atom. The van der Waals surface area contributed by atoms with Crippen LogP contribution >= 0.6 is 0 Å². The molecule has 0 aromatic rings. The van der Waals surface area contributed by atoms with E-state index in [0.717, 1.165) is 32.6 Å². The lowest BCUT2D eigenvalue weighted by molar-refractivity contribution is -0.131. The lowest BCUT2D eigenvalue weighted by Crippen LogP contribution is -2.42. The van der Waals surface area contributed by atoms with Crippen LogP contribution in [0.5, 0.6) is 0 Å². The molecular formula is C18H33N3O. The average molecular weight is 307 g/mol. The molecule has 0 aliphatic carbocycles. The molecule has 3 fully saturated rings. The molecule has 0 saturated carbocycles. The van der Waals surface area contributed by atoms with Crippen molar-refractivity contribution in [3.63, 3.8) is 0 Å². The Morgan fingerprint density at radius 1 is 1.14 bits per heavy atom. The summed E-state index contributed by atoms with van der Waals surface area (Å²) in [5, 5.41) is 3.48. The molecule has 22 heavy (non-hydrogen) atoms. The molecule has 0 bridgehead atoms. The molecule has 3 saturated heterocycles. The van der Waals surface area contributed by atoms with Crippen LogP contribution in [0.1, 0.15) is 51.9 Å². The summed E-state index contributed by atoms with van der Waals surface area (Å²) in [4.78, 5) is 17.4. The largest absolute Gasteiger partial charge is 0.341 e. The van der Waals surface area contributed by atoms with Crippen molar-refractivity contribution in [1.82, 2.24) is 15.1 Å². The fourth-order valence-electron chi connectivity index (χ4n) is 4.49. The van der Waals surface area contributed by atoms with Crippen molar-refractivity contribution in [2.45, 2.75) is 57.9 Å². The normalized spacial score (nSPS) is 32.1. The number of carbonyl (C=O) groups excluding carboxylic acids is 1. The summed E-state index contributed by atoms with van der Waals surface area (Å²) >= 11 is 0. The van der Waals surface area contributed by atoms with Gasteiger partial charge in [-0.1, -0.05) is 13.3 Å². The van der Waals surface area contributed by atoms with E-state index in [-0.39, 0.29) is 0 Å². The molecule has 126 valence electrons. The third-order valence-electron chi connectivity index (χ3n) is 6.06. The quantitative estimate of drug-likeness (QED) is 0.864. The van der Waals surface area contributed by atoms with E-state index in [4.69, 9.17) is 0 Å². The number of rotatable bonds is 4. The molecule has 0 aromatic heterocycles. The van der Waals surface area contributed by atoms with E-state index in [9.17, 15) is 4.79 Å². The number of nitrogens with zero attached hydrogens (tertiary/aromatic N) is 2. The maximum Gasteiger partial charge on any atom is 0.222 e. The van der Waals surface area contributed by atoms with Gasteiger partial charge in [-0.15, -0.1) is 0 Å². The number of hydrogen-bond donors (Lipinski definition) is 1. The predicted molar refractivity (Wildman–Crippen MR) is 89.8 cm³/mol. The maximum atomic E-state index is 12.6. The number of carbonyl (C=O) groups is 1. The van der Waals surface area contributed by atoms with Crippen LogP contribution in [0.2, 0.25) is 0 Å². The Labute approximate surface area is 135 Å². The third-order valence-corrected chi connectivity index (χ3v) is 6.06. The van der Waals surface area contributed by atoms with Crippen LogP contribution in [0.3, 0.4) is 0 Å². The van der Waals surface area contributed by atoms with Crippen molar-refractivity contribution in [1.29, 1.82) is 0 Å². The molecule has 3 heterocycles. The fourth-order valence-corrected chi connectivity index (χ4v) is 4.49. The molecule has 3 unspecified atom stereocenters. The second-order valence-corrected chi connectivity index (χ2v) is 7.67. The first-order chi connectivity index (χ1) is 10.7.